The number of aliphatic hydroxyl groups excluding tert-OH is 1. The van der Waals surface area contributed by atoms with Gasteiger partial charge in [0.15, 0.2) is 6.10 Å². The van der Waals surface area contributed by atoms with E-state index in [-0.39, 0.29) is 11.7 Å². The number of rotatable bonds is 4. The number of aliphatic hydroxyl groups is 1. The first-order valence-corrected chi connectivity index (χ1v) is 7.17. The zero-order valence-corrected chi connectivity index (χ0v) is 13.2. The summed E-state index contributed by atoms with van der Waals surface area (Å²) in [5.74, 6) is -3.60. The largest absolute Gasteiger partial charge is 0.508 e. The van der Waals surface area contributed by atoms with Crippen molar-refractivity contribution in [3.05, 3.63) is 24.7 Å². The maximum atomic E-state index is 14.3. The first-order chi connectivity index (χ1) is 11.1. The minimum absolute atomic E-state index is 0.0624. The van der Waals surface area contributed by atoms with Gasteiger partial charge in [0.1, 0.15) is 24.4 Å². The van der Waals surface area contributed by atoms with E-state index in [2.05, 4.69) is 11.6 Å². The van der Waals surface area contributed by atoms with Crippen molar-refractivity contribution in [2.45, 2.75) is 44.3 Å². The molecule has 0 spiro atoms. The Morgan fingerprint density at radius 1 is 1.62 bits per heavy atom. The van der Waals surface area contributed by atoms with Gasteiger partial charge in [0, 0.05) is 6.20 Å². The van der Waals surface area contributed by atoms with E-state index < -0.39 is 43.2 Å². The summed E-state index contributed by atoms with van der Waals surface area (Å²) in [6.07, 6.45) is -4.41. The summed E-state index contributed by atoms with van der Waals surface area (Å²) in [6.45, 7) is 6.14. The number of aliphatic imine (C=N–C) groups is 1. The molecule has 134 valence electrons. The summed E-state index contributed by atoms with van der Waals surface area (Å²) in [5, 5.41) is 9.80. The van der Waals surface area contributed by atoms with Crippen LogP contribution in [0, 0.1) is 0 Å². The number of carbonyl (C=O) groups excluding carboxylic acids is 1. The third kappa shape index (κ3) is 3.65. The lowest BCUT2D eigenvalue weighted by molar-refractivity contribution is -0.148. The fourth-order valence-electron chi connectivity index (χ4n) is 2.18. The molecule has 0 radical (unpaired) electrons. The number of halogens is 2. The predicted octanol–water partition coefficient (Wildman–Crippen LogP) is 0.927. The molecule has 0 aliphatic carbocycles. The van der Waals surface area contributed by atoms with E-state index in [1.165, 1.54) is 12.3 Å². The van der Waals surface area contributed by atoms with Crippen LogP contribution in [0.4, 0.5) is 13.6 Å². The molecule has 0 bridgehead atoms. The molecule has 2 rings (SSSR count). The summed E-state index contributed by atoms with van der Waals surface area (Å²) in [7, 11) is 0. The molecule has 2 aliphatic rings. The maximum absolute atomic E-state index is 14.3. The SMILES string of the molecule is C=C1N=C(N)C=CN1[C@@H]1O[C@H](COC(=O)OC(C)C)C(O)C1(F)F. The third-order valence-electron chi connectivity index (χ3n) is 3.29. The summed E-state index contributed by atoms with van der Waals surface area (Å²) in [6, 6.07) is 0. The van der Waals surface area contributed by atoms with Crippen LogP contribution in [0.2, 0.25) is 0 Å². The predicted molar refractivity (Wildman–Crippen MR) is 78.9 cm³/mol. The number of alkyl halides is 2. The second kappa shape index (κ2) is 6.73. The summed E-state index contributed by atoms with van der Waals surface area (Å²) < 4.78 is 43.2. The van der Waals surface area contributed by atoms with E-state index in [0.717, 1.165) is 4.90 Å². The molecule has 0 saturated carbocycles. The van der Waals surface area contributed by atoms with Crippen molar-refractivity contribution in [2.75, 3.05) is 6.61 Å². The van der Waals surface area contributed by atoms with Crippen LogP contribution < -0.4 is 5.73 Å². The molecule has 0 amide bonds. The number of hydrogen-bond donors (Lipinski definition) is 2. The quantitative estimate of drug-likeness (QED) is 0.729. The molecule has 1 fully saturated rings. The highest BCUT2D eigenvalue weighted by Crippen LogP contribution is 2.40. The van der Waals surface area contributed by atoms with Crippen LogP contribution in [0.1, 0.15) is 13.8 Å². The average Bonchev–Trinajstić information content (AvgIpc) is 2.68. The zero-order chi connectivity index (χ0) is 18.1. The van der Waals surface area contributed by atoms with Crippen molar-refractivity contribution in [1.82, 2.24) is 4.90 Å². The molecule has 1 unspecified atom stereocenters. The van der Waals surface area contributed by atoms with Gasteiger partial charge in [0.2, 0.25) is 6.23 Å². The summed E-state index contributed by atoms with van der Waals surface area (Å²) >= 11 is 0. The molecule has 1 saturated heterocycles. The minimum Gasteiger partial charge on any atom is -0.432 e. The van der Waals surface area contributed by atoms with Crippen molar-refractivity contribution >= 4 is 12.0 Å². The molecule has 2 aliphatic heterocycles. The van der Waals surface area contributed by atoms with Gasteiger partial charge in [-0.15, -0.1) is 0 Å². The first kappa shape index (κ1) is 18.1. The molecule has 0 aromatic heterocycles. The van der Waals surface area contributed by atoms with Gasteiger partial charge >= 0.3 is 12.1 Å². The Hall–Kier alpha value is -2.20. The fourth-order valence-corrected chi connectivity index (χ4v) is 2.18. The lowest BCUT2D eigenvalue weighted by Crippen LogP contribution is -2.47. The van der Waals surface area contributed by atoms with Crippen LogP contribution >= 0.6 is 0 Å². The molecule has 24 heavy (non-hydrogen) atoms. The van der Waals surface area contributed by atoms with Gasteiger partial charge in [0.05, 0.1) is 6.10 Å². The maximum Gasteiger partial charge on any atom is 0.508 e. The van der Waals surface area contributed by atoms with Crippen LogP contribution in [-0.4, -0.2) is 59.1 Å². The highest BCUT2D eigenvalue weighted by molar-refractivity contribution is 5.92. The number of hydrogen-bond acceptors (Lipinski definition) is 8. The van der Waals surface area contributed by atoms with E-state index in [0.29, 0.717) is 0 Å². The molecule has 2 heterocycles. The Morgan fingerprint density at radius 3 is 2.88 bits per heavy atom. The van der Waals surface area contributed by atoms with Gasteiger partial charge in [-0.05, 0) is 19.9 Å². The van der Waals surface area contributed by atoms with E-state index in [1.807, 2.05) is 0 Å². The normalized spacial score (nSPS) is 28.9. The molecular formula is C14H19F2N3O5. The number of ether oxygens (including phenoxy) is 3. The number of nitrogens with zero attached hydrogens (tertiary/aromatic N) is 2. The minimum atomic E-state index is -3.65. The number of nitrogens with two attached hydrogens (primary N) is 1. The summed E-state index contributed by atoms with van der Waals surface area (Å²) in [5.41, 5.74) is 5.46. The Labute approximate surface area is 137 Å². The number of amidine groups is 1. The average molecular weight is 347 g/mol. The molecule has 3 N–H and O–H groups in total. The fraction of sp³-hybridized carbons (Fsp3) is 0.571. The number of carbonyl (C=O) groups is 1. The first-order valence-electron chi connectivity index (χ1n) is 7.17. The monoisotopic (exact) mass is 347 g/mol. The molecule has 0 aromatic carbocycles. The second-order valence-electron chi connectivity index (χ2n) is 5.55. The van der Waals surface area contributed by atoms with Gasteiger partial charge in [-0.3, -0.25) is 0 Å². The zero-order valence-electron chi connectivity index (χ0n) is 13.2. The van der Waals surface area contributed by atoms with E-state index in [9.17, 15) is 18.7 Å². The van der Waals surface area contributed by atoms with Gasteiger partial charge in [-0.25, -0.2) is 9.79 Å². The van der Waals surface area contributed by atoms with E-state index in [1.54, 1.807) is 13.8 Å². The highest BCUT2D eigenvalue weighted by atomic mass is 19.3. The van der Waals surface area contributed by atoms with Crippen LogP contribution in [0.15, 0.2) is 29.7 Å². The molecule has 3 atom stereocenters. The van der Waals surface area contributed by atoms with Crippen molar-refractivity contribution < 1.29 is 32.9 Å². The van der Waals surface area contributed by atoms with Gasteiger partial charge in [0.25, 0.3) is 0 Å². The lowest BCUT2D eigenvalue weighted by Gasteiger charge is -2.31. The van der Waals surface area contributed by atoms with Crippen LogP contribution in [0.25, 0.3) is 0 Å². The van der Waals surface area contributed by atoms with Crippen LogP contribution in [-0.2, 0) is 14.2 Å². The van der Waals surface area contributed by atoms with Crippen molar-refractivity contribution in [3.63, 3.8) is 0 Å². The smallest absolute Gasteiger partial charge is 0.432 e. The highest BCUT2D eigenvalue weighted by Gasteiger charge is 2.61. The van der Waals surface area contributed by atoms with E-state index >= 15 is 0 Å². The molecule has 10 heteroatoms. The summed E-state index contributed by atoms with van der Waals surface area (Å²) in [4.78, 5) is 16.0. The van der Waals surface area contributed by atoms with E-state index in [4.69, 9.17) is 19.9 Å². The standard InChI is InChI=1S/C14H19F2N3O5/c1-7(2)23-13(21)22-6-9-11(20)14(15,16)12(24-9)19-5-4-10(17)18-8(19)3/h4-5,7,9,11-12,20H,3,6H2,1-2H3,(H2,17,18)/t9-,11?,12-/m1/s1. The van der Waals surface area contributed by atoms with Crippen molar-refractivity contribution in [2.24, 2.45) is 10.7 Å². The van der Waals surface area contributed by atoms with Gasteiger partial charge in [-0.1, -0.05) is 6.58 Å². The third-order valence-corrected chi connectivity index (χ3v) is 3.29. The van der Waals surface area contributed by atoms with Gasteiger partial charge < -0.3 is 30.0 Å². The Morgan fingerprint density at radius 2 is 2.29 bits per heavy atom. The molecular weight excluding hydrogens is 328 g/mol. The van der Waals surface area contributed by atoms with Crippen molar-refractivity contribution in [3.8, 4) is 0 Å². The molecule has 8 nitrogen and oxygen atoms in total. The Bertz CT molecular complexity index is 579. The van der Waals surface area contributed by atoms with Crippen LogP contribution in [0.3, 0.4) is 0 Å². The Balaban J connectivity index is 2.04. The van der Waals surface area contributed by atoms with Gasteiger partial charge in [-0.2, -0.15) is 8.78 Å². The van der Waals surface area contributed by atoms with Crippen LogP contribution in [0.5, 0.6) is 0 Å². The van der Waals surface area contributed by atoms with Crippen molar-refractivity contribution in [1.29, 1.82) is 0 Å². The Kier molecular flexibility index (Phi) is 5.09. The molecule has 0 aromatic rings. The lowest BCUT2D eigenvalue weighted by atomic mass is 10.1. The second-order valence-corrected chi connectivity index (χ2v) is 5.55. The topological polar surface area (TPSA) is 107 Å².